The number of hydrogen-bond acceptors (Lipinski definition) is 5. The number of aliphatic carboxylic acids is 1. The van der Waals surface area contributed by atoms with Crippen LogP contribution >= 0.6 is 0 Å². The maximum Gasteiger partial charge on any atom is 0.303 e. The first-order chi connectivity index (χ1) is 13.1. The van der Waals surface area contributed by atoms with Gasteiger partial charge < -0.3 is 15.2 Å². The normalized spacial score (nSPS) is 11.8. The van der Waals surface area contributed by atoms with E-state index in [1.807, 2.05) is 25.2 Å². The van der Waals surface area contributed by atoms with Gasteiger partial charge in [-0.15, -0.1) is 0 Å². The Morgan fingerprint density at radius 2 is 2.00 bits per heavy atom. The number of nitrogens with one attached hydrogen (secondary N) is 1. The van der Waals surface area contributed by atoms with E-state index in [-0.39, 0.29) is 12.3 Å². The SMILES string of the molecule is CNc1cccc(CCCCCC[C@H](CC(=O)O)c2ccc(OC)nc2)n1. The topological polar surface area (TPSA) is 84.3 Å². The lowest BCUT2D eigenvalue weighted by atomic mass is 9.91. The maximum absolute atomic E-state index is 11.2. The zero-order chi connectivity index (χ0) is 19.5. The number of carboxylic acids is 1. The van der Waals surface area contributed by atoms with Crippen LogP contribution in [0.5, 0.6) is 5.88 Å². The summed E-state index contributed by atoms with van der Waals surface area (Å²) in [5.74, 6) is 0.669. The summed E-state index contributed by atoms with van der Waals surface area (Å²) in [4.78, 5) is 19.9. The van der Waals surface area contributed by atoms with Crippen LogP contribution in [0, 0.1) is 0 Å². The first-order valence-electron chi connectivity index (χ1n) is 9.47. The summed E-state index contributed by atoms with van der Waals surface area (Å²) in [6.45, 7) is 0. The Bertz CT molecular complexity index is 704. The molecule has 2 heterocycles. The predicted molar refractivity (Wildman–Crippen MR) is 106 cm³/mol. The van der Waals surface area contributed by atoms with E-state index in [1.54, 1.807) is 19.4 Å². The highest BCUT2D eigenvalue weighted by Crippen LogP contribution is 2.27. The summed E-state index contributed by atoms with van der Waals surface area (Å²) in [5, 5.41) is 12.3. The van der Waals surface area contributed by atoms with Crippen molar-refractivity contribution < 1.29 is 14.6 Å². The fourth-order valence-corrected chi connectivity index (χ4v) is 3.16. The molecular weight excluding hydrogens is 342 g/mol. The van der Waals surface area contributed by atoms with Crippen LogP contribution in [-0.4, -0.2) is 35.2 Å². The van der Waals surface area contributed by atoms with Crippen molar-refractivity contribution in [1.82, 2.24) is 9.97 Å². The van der Waals surface area contributed by atoms with Gasteiger partial charge in [-0.25, -0.2) is 9.97 Å². The second-order valence-electron chi connectivity index (χ2n) is 6.65. The van der Waals surface area contributed by atoms with Crippen LogP contribution < -0.4 is 10.1 Å². The summed E-state index contributed by atoms with van der Waals surface area (Å²) < 4.78 is 5.07. The third-order valence-corrected chi connectivity index (χ3v) is 4.66. The lowest BCUT2D eigenvalue weighted by Crippen LogP contribution is -2.07. The van der Waals surface area contributed by atoms with Gasteiger partial charge in [0.2, 0.25) is 5.88 Å². The van der Waals surface area contributed by atoms with Crippen LogP contribution in [0.4, 0.5) is 5.82 Å². The number of methoxy groups -OCH3 is 1. The molecule has 0 spiro atoms. The van der Waals surface area contributed by atoms with Gasteiger partial charge >= 0.3 is 5.97 Å². The first kappa shape index (κ1) is 20.7. The third-order valence-electron chi connectivity index (χ3n) is 4.66. The van der Waals surface area contributed by atoms with Crippen LogP contribution in [-0.2, 0) is 11.2 Å². The number of unbranched alkanes of at least 4 members (excludes halogenated alkanes) is 3. The van der Waals surface area contributed by atoms with Crippen molar-refractivity contribution in [2.24, 2.45) is 0 Å². The molecule has 0 aliphatic heterocycles. The molecule has 2 aromatic heterocycles. The van der Waals surface area contributed by atoms with Gasteiger partial charge in [0.1, 0.15) is 5.82 Å². The van der Waals surface area contributed by atoms with Gasteiger partial charge in [-0.3, -0.25) is 4.79 Å². The summed E-state index contributed by atoms with van der Waals surface area (Å²) in [6.07, 6.45) is 7.99. The number of carbonyl (C=O) groups is 1. The van der Waals surface area contributed by atoms with E-state index in [0.29, 0.717) is 5.88 Å². The minimum absolute atomic E-state index is 0.00474. The summed E-state index contributed by atoms with van der Waals surface area (Å²) >= 11 is 0. The average molecular weight is 371 g/mol. The van der Waals surface area contributed by atoms with Gasteiger partial charge in [0, 0.05) is 25.0 Å². The fraction of sp³-hybridized carbons (Fsp3) is 0.476. The molecule has 0 unspecified atom stereocenters. The zero-order valence-corrected chi connectivity index (χ0v) is 16.1. The fourth-order valence-electron chi connectivity index (χ4n) is 3.16. The Kier molecular flexibility index (Phi) is 8.55. The first-order valence-corrected chi connectivity index (χ1v) is 9.47. The van der Waals surface area contributed by atoms with Gasteiger partial charge in [-0.2, -0.15) is 0 Å². The minimum Gasteiger partial charge on any atom is -0.481 e. The number of hydrogen-bond donors (Lipinski definition) is 2. The third kappa shape index (κ3) is 7.25. The Morgan fingerprint density at radius 1 is 1.19 bits per heavy atom. The van der Waals surface area contributed by atoms with Crippen molar-refractivity contribution in [3.8, 4) is 5.88 Å². The predicted octanol–water partition coefficient (Wildman–Crippen LogP) is 4.28. The van der Waals surface area contributed by atoms with Gasteiger partial charge in [-0.1, -0.05) is 31.4 Å². The molecule has 6 heteroatoms. The molecule has 146 valence electrons. The molecule has 0 bridgehead atoms. The van der Waals surface area contributed by atoms with E-state index in [9.17, 15) is 9.90 Å². The van der Waals surface area contributed by atoms with Crippen molar-refractivity contribution >= 4 is 11.8 Å². The standard InChI is InChI=1S/C21H29N3O3/c1-22-19-11-7-10-18(24-19)9-6-4-3-5-8-16(14-21(25)26)17-12-13-20(27-2)23-15-17/h7,10-13,15-16H,3-6,8-9,14H2,1-2H3,(H,22,24)(H,25,26)/t16-/m1/s1. The summed E-state index contributed by atoms with van der Waals surface area (Å²) in [7, 11) is 3.44. The maximum atomic E-state index is 11.2. The lowest BCUT2D eigenvalue weighted by Gasteiger charge is -2.15. The number of pyridine rings is 2. The second-order valence-corrected chi connectivity index (χ2v) is 6.65. The molecular formula is C21H29N3O3. The number of carboxylic acid groups (broad SMARTS) is 1. The minimum atomic E-state index is -0.772. The van der Waals surface area contributed by atoms with Crippen molar-refractivity contribution in [1.29, 1.82) is 0 Å². The van der Waals surface area contributed by atoms with Crippen molar-refractivity contribution in [3.05, 3.63) is 47.8 Å². The van der Waals surface area contributed by atoms with Crippen LogP contribution in [0.15, 0.2) is 36.5 Å². The number of aryl methyl sites for hydroxylation is 1. The molecule has 0 saturated heterocycles. The monoisotopic (exact) mass is 371 g/mol. The van der Waals surface area contributed by atoms with Crippen molar-refractivity contribution in [2.75, 3.05) is 19.5 Å². The number of rotatable bonds is 12. The molecule has 0 aliphatic carbocycles. The molecule has 2 N–H and O–H groups in total. The Hall–Kier alpha value is -2.63. The van der Waals surface area contributed by atoms with Crippen LogP contribution in [0.1, 0.15) is 55.7 Å². The summed E-state index contributed by atoms with van der Waals surface area (Å²) in [6, 6.07) is 9.74. The molecule has 6 nitrogen and oxygen atoms in total. The Morgan fingerprint density at radius 3 is 2.67 bits per heavy atom. The van der Waals surface area contributed by atoms with Gasteiger partial charge in [-0.05, 0) is 42.9 Å². The Labute approximate surface area is 161 Å². The number of aromatic nitrogens is 2. The molecule has 2 rings (SSSR count). The number of ether oxygens (including phenoxy) is 1. The molecule has 27 heavy (non-hydrogen) atoms. The van der Waals surface area contributed by atoms with Crippen LogP contribution in [0.2, 0.25) is 0 Å². The molecule has 0 aliphatic rings. The van der Waals surface area contributed by atoms with Gasteiger partial charge in [0.25, 0.3) is 0 Å². The highest BCUT2D eigenvalue weighted by Gasteiger charge is 2.16. The second kappa shape index (κ2) is 11.2. The number of anilines is 1. The lowest BCUT2D eigenvalue weighted by molar-refractivity contribution is -0.137. The van der Waals surface area contributed by atoms with E-state index in [2.05, 4.69) is 21.4 Å². The molecule has 0 aromatic carbocycles. The van der Waals surface area contributed by atoms with E-state index >= 15 is 0 Å². The van der Waals surface area contributed by atoms with E-state index in [0.717, 1.165) is 55.6 Å². The quantitative estimate of drug-likeness (QED) is 0.542. The van der Waals surface area contributed by atoms with Gasteiger partial charge in [0.05, 0.1) is 13.5 Å². The van der Waals surface area contributed by atoms with E-state index in [1.165, 1.54) is 0 Å². The molecule has 0 radical (unpaired) electrons. The molecule has 0 amide bonds. The van der Waals surface area contributed by atoms with Gasteiger partial charge in [0.15, 0.2) is 0 Å². The molecule has 0 fully saturated rings. The highest BCUT2D eigenvalue weighted by molar-refractivity contribution is 5.68. The van der Waals surface area contributed by atoms with E-state index in [4.69, 9.17) is 4.74 Å². The van der Waals surface area contributed by atoms with Crippen molar-refractivity contribution in [2.45, 2.75) is 50.9 Å². The highest BCUT2D eigenvalue weighted by atomic mass is 16.5. The largest absolute Gasteiger partial charge is 0.481 e. The number of nitrogens with zero attached hydrogens (tertiary/aromatic N) is 2. The van der Waals surface area contributed by atoms with Crippen molar-refractivity contribution in [3.63, 3.8) is 0 Å². The molecule has 0 saturated carbocycles. The van der Waals surface area contributed by atoms with E-state index < -0.39 is 5.97 Å². The van der Waals surface area contributed by atoms with Crippen LogP contribution in [0.3, 0.4) is 0 Å². The molecule has 2 aromatic rings. The molecule has 1 atom stereocenters. The summed E-state index contributed by atoms with van der Waals surface area (Å²) in [5.41, 5.74) is 2.07. The van der Waals surface area contributed by atoms with Crippen LogP contribution in [0.25, 0.3) is 0 Å². The smallest absolute Gasteiger partial charge is 0.303 e. The Balaban J connectivity index is 1.75. The zero-order valence-electron chi connectivity index (χ0n) is 16.1. The average Bonchev–Trinajstić information content (AvgIpc) is 2.69.